The highest BCUT2D eigenvalue weighted by atomic mass is 19.1. The van der Waals surface area contributed by atoms with Crippen LogP contribution in [0.15, 0.2) is 97.1 Å². The summed E-state index contributed by atoms with van der Waals surface area (Å²) in [6.45, 7) is 2.89. The van der Waals surface area contributed by atoms with E-state index in [-0.39, 0.29) is 25.7 Å². The molecule has 2 aliphatic rings. The molecule has 220 valence electrons. The molecule has 0 aromatic heterocycles. The van der Waals surface area contributed by atoms with Crippen molar-refractivity contribution in [2.75, 3.05) is 43.3 Å². The lowest BCUT2D eigenvalue weighted by Gasteiger charge is -2.32. The Balaban J connectivity index is 1.34. The molecule has 4 aromatic carbocycles. The second-order valence-electron chi connectivity index (χ2n) is 10.4. The summed E-state index contributed by atoms with van der Waals surface area (Å²) in [4.78, 5) is 31.8. The number of rotatable bonds is 9. The predicted octanol–water partition coefficient (Wildman–Crippen LogP) is 5.34. The van der Waals surface area contributed by atoms with Crippen molar-refractivity contribution in [1.29, 1.82) is 0 Å². The third-order valence-electron chi connectivity index (χ3n) is 7.60. The topological polar surface area (TPSA) is 80.3 Å². The fraction of sp³-hybridized carbons (Fsp3) is 0.235. The third kappa shape index (κ3) is 6.62. The summed E-state index contributed by atoms with van der Waals surface area (Å²) >= 11 is 0. The molecule has 43 heavy (non-hydrogen) atoms. The van der Waals surface area contributed by atoms with E-state index in [2.05, 4.69) is 10.2 Å². The molecule has 4 aromatic rings. The van der Waals surface area contributed by atoms with E-state index in [0.717, 1.165) is 24.3 Å². The minimum absolute atomic E-state index is 0.0396. The molecule has 0 spiro atoms. The van der Waals surface area contributed by atoms with E-state index in [0.29, 0.717) is 41.5 Å². The van der Waals surface area contributed by atoms with Gasteiger partial charge >= 0.3 is 0 Å². The quantitative estimate of drug-likeness (QED) is 0.288. The number of benzene rings is 4. The molecule has 1 unspecified atom stereocenters. The van der Waals surface area contributed by atoms with Crippen molar-refractivity contribution in [3.63, 3.8) is 0 Å². The van der Waals surface area contributed by atoms with Gasteiger partial charge < -0.3 is 29.3 Å². The molecule has 0 radical (unpaired) electrons. The molecule has 2 amide bonds. The Morgan fingerprint density at radius 1 is 0.860 bits per heavy atom. The minimum atomic E-state index is -1.09. The number of morpholine rings is 1. The van der Waals surface area contributed by atoms with Crippen LogP contribution in [0.2, 0.25) is 0 Å². The monoisotopic (exact) mass is 581 g/mol. The summed E-state index contributed by atoms with van der Waals surface area (Å²) in [6, 6.07) is 27.2. The number of fused-ring (bicyclic) bond motifs is 1. The maximum Gasteiger partial charge on any atom is 0.251 e. The number of nitrogens with one attached hydrogen (secondary N) is 1. The Bertz CT molecular complexity index is 1570. The SMILES string of the molecule is O=C(Nc1ccc(N2CCOCC2)cc1)C(c1ccc2c(c1)OCO2)N(Cc1ccccc1F)C(=O)Cc1ccccc1. The molecule has 0 saturated carbocycles. The second kappa shape index (κ2) is 13.0. The van der Waals surface area contributed by atoms with Gasteiger partial charge in [-0.3, -0.25) is 9.59 Å². The van der Waals surface area contributed by atoms with Crippen LogP contribution in [0.4, 0.5) is 15.8 Å². The van der Waals surface area contributed by atoms with Gasteiger partial charge in [0.2, 0.25) is 12.7 Å². The summed E-state index contributed by atoms with van der Waals surface area (Å²) in [5, 5.41) is 3.00. The van der Waals surface area contributed by atoms with E-state index < -0.39 is 17.8 Å². The zero-order valence-corrected chi connectivity index (χ0v) is 23.6. The molecule has 8 nitrogen and oxygen atoms in total. The Labute approximate surface area is 249 Å². The largest absolute Gasteiger partial charge is 0.454 e. The smallest absolute Gasteiger partial charge is 0.251 e. The number of carbonyl (C=O) groups is 2. The van der Waals surface area contributed by atoms with Gasteiger partial charge in [0.05, 0.1) is 19.6 Å². The van der Waals surface area contributed by atoms with Crippen LogP contribution in [0, 0.1) is 5.82 Å². The Morgan fingerprint density at radius 2 is 1.58 bits per heavy atom. The molecule has 9 heteroatoms. The lowest BCUT2D eigenvalue weighted by Crippen LogP contribution is -2.42. The molecule has 2 heterocycles. The van der Waals surface area contributed by atoms with Gasteiger partial charge in [-0.25, -0.2) is 4.39 Å². The summed E-state index contributed by atoms with van der Waals surface area (Å²) in [5.74, 6) is -0.182. The molecule has 0 aliphatic carbocycles. The van der Waals surface area contributed by atoms with Gasteiger partial charge in [0.1, 0.15) is 11.9 Å². The van der Waals surface area contributed by atoms with Crippen LogP contribution < -0.4 is 19.7 Å². The van der Waals surface area contributed by atoms with Gasteiger partial charge in [0.25, 0.3) is 5.91 Å². The predicted molar refractivity (Wildman–Crippen MR) is 161 cm³/mol. The van der Waals surface area contributed by atoms with Gasteiger partial charge in [-0.1, -0.05) is 54.6 Å². The van der Waals surface area contributed by atoms with E-state index in [1.54, 1.807) is 36.4 Å². The number of amides is 2. The number of halogens is 1. The van der Waals surface area contributed by atoms with Gasteiger partial charge in [-0.05, 0) is 53.6 Å². The van der Waals surface area contributed by atoms with Crippen LogP contribution >= 0.6 is 0 Å². The van der Waals surface area contributed by atoms with Crippen LogP contribution in [0.1, 0.15) is 22.7 Å². The van der Waals surface area contributed by atoms with Gasteiger partial charge in [-0.15, -0.1) is 0 Å². The molecular formula is C34H32FN3O5. The van der Waals surface area contributed by atoms with Crippen LogP contribution in [-0.4, -0.2) is 49.8 Å². The molecule has 1 fully saturated rings. The second-order valence-corrected chi connectivity index (χ2v) is 10.4. The first kappa shape index (κ1) is 28.2. The molecule has 1 atom stereocenters. The molecule has 1 N–H and O–H groups in total. The zero-order valence-electron chi connectivity index (χ0n) is 23.6. The van der Waals surface area contributed by atoms with Gasteiger partial charge in [0, 0.05) is 36.6 Å². The fourth-order valence-corrected chi connectivity index (χ4v) is 5.35. The lowest BCUT2D eigenvalue weighted by atomic mass is 10.0. The maximum absolute atomic E-state index is 14.9. The molecule has 2 aliphatic heterocycles. The average molecular weight is 582 g/mol. The Hall–Kier alpha value is -4.89. The highest BCUT2D eigenvalue weighted by Crippen LogP contribution is 2.37. The zero-order chi connectivity index (χ0) is 29.6. The van der Waals surface area contributed by atoms with E-state index >= 15 is 0 Å². The molecule has 6 rings (SSSR count). The average Bonchev–Trinajstić information content (AvgIpc) is 3.51. The lowest BCUT2D eigenvalue weighted by molar-refractivity contribution is -0.139. The third-order valence-corrected chi connectivity index (χ3v) is 7.60. The molecular weight excluding hydrogens is 549 g/mol. The first-order valence-electron chi connectivity index (χ1n) is 14.2. The van der Waals surface area contributed by atoms with E-state index in [1.807, 2.05) is 54.6 Å². The number of anilines is 2. The first-order chi connectivity index (χ1) is 21.0. The minimum Gasteiger partial charge on any atom is -0.454 e. The molecule has 0 bridgehead atoms. The summed E-state index contributed by atoms with van der Waals surface area (Å²) in [5.41, 5.74) is 3.22. The van der Waals surface area contributed by atoms with Crippen molar-refractivity contribution >= 4 is 23.2 Å². The highest BCUT2D eigenvalue weighted by Gasteiger charge is 2.33. The van der Waals surface area contributed by atoms with Crippen LogP contribution in [0.3, 0.4) is 0 Å². The molecule has 1 saturated heterocycles. The highest BCUT2D eigenvalue weighted by molar-refractivity contribution is 5.98. The van der Waals surface area contributed by atoms with Crippen molar-refractivity contribution in [3.05, 3.63) is 120 Å². The van der Waals surface area contributed by atoms with E-state index in [9.17, 15) is 14.0 Å². The van der Waals surface area contributed by atoms with Crippen molar-refractivity contribution in [2.24, 2.45) is 0 Å². The Morgan fingerprint density at radius 3 is 2.35 bits per heavy atom. The summed E-state index contributed by atoms with van der Waals surface area (Å²) < 4.78 is 31.5. The van der Waals surface area contributed by atoms with Crippen LogP contribution in [-0.2, 0) is 27.3 Å². The van der Waals surface area contributed by atoms with Crippen molar-refractivity contribution < 1.29 is 28.2 Å². The van der Waals surface area contributed by atoms with Crippen LogP contribution in [0.5, 0.6) is 11.5 Å². The van der Waals surface area contributed by atoms with E-state index in [4.69, 9.17) is 14.2 Å². The van der Waals surface area contributed by atoms with Crippen LogP contribution in [0.25, 0.3) is 0 Å². The van der Waals surface area contributed by atoms with Crippen molar-refractivity contribution in [3.8, 4) is 11.5 Å². The van der Waals surface area contributed by atoms with Gasteiger partial charge in [-0.2, -0.15) is 0 Å². The maximum atomic E-state index is 14.9. The van der Waals surface area contributed by atoms with Crippen molar-refractivity contribution in [2.45, 2.75) is 19.0 Å². The number of hydrogen-bond donors (Lipinski definition) is 1. The fourth-order valence-electron chi connectivity index (χ4n) is 5.35. The number of ether oxygens (including phenoxy) is 3. The first-order valence-corrected chi connectivity index (χ1v) is 14.2. The number of carbonyl (C=O) groups excluding carboxylic acids is 2. The van der Waals surface area contributed by atoms with Crippen molar-refractivity contribution in [1.82, 2.24) is 4.90 Å². The van der Waals surface area contributed by atoms with Gasteiger partial charge in [0.15, 0.2) is 11.5 Å². The standard InChI is InChI=1S/C34H32FN3O5/c35-29-9-5-4-8-26(29)22-38(32(39)20-24-6-2-1-3-7-24)33(25-10-15-30-31(21-25)43-23-42-30)34(40)36-27-11-13-28(14-12-27)37-16-18-41-19-17-37/h1-15,21,33H,16-20,22-23H2,(H,36,40). The number of hydrogen-bond acceptors (Lipinski definition) is 6. The number of nitrogens with zero attached hydrogens (tertiary/aromatic N) is 2. The summed E-state index contributed by atoms with van der Waals surface area (Å²) in [6.07, 6.45) is 0.0396. The normalized spacial score (nSPS) is 14.7. The van der Waals surface area contributed by atoms with E-state index in [1.165, 1.54) is 11.0 Å². The Kier molecular flexibility index (Phi) is 8.51. The summed E-state index contributed by atoms with van der Waals surface area (Å²) in [7, 11) is 0.